The van der Waals surface area contributed by atoms with Gasteiger partial charge in [0.25, 0.3) is 10.0 Å². The lowest BCUT2D eigenvalue weighted by molar-refractivity contribution is -0.140. The summed E-state index contributed by atoms with van der Waals surface area (Å²) in [6, 6.07) is 28.1. The quantitative estimate of drug-likeness (QED) is 0.166. The predicted molar refractivity (Wildman–Crippen MR) is 181 cm³/mol. The maximum Gasteiger partial charge on any atom is 0.264 e. The lowest BCUT2D eigenvalue weighted by atomic mass is 10.0. The van der Waals surface area contributed by atoms with Gasteiger partial charge < -0.3 is 10.2 Å². The van der Waals surface area contributed by atoms with Crippen LogP contribution in [0.25, 0.3) is 0 Å². The summed E-state index contributed by atoms with van der Waals surface area (Å²) in [6.45, 7) is 5.24. The first-order chi connectivity index (χ1) is 21.5. The molecule has 0 spiro atoms. The highest BCUT2D eigenvalue weighted by Gasteiger charge is 2.35. The van der Waals surface area contributed by atoms with Crippen molar-refractivity contribution < 1.29 is 18.0 Å². The molecule has 10 heteroatoms. The Morgan fingerprint density at radius 1 is 0.822 bits per heavy atom. The molecule has 2 atom stereocenters. The average molecular weight is 667 g/mol. The number of carbonyl (C=O) groups excluding carboxylic acids is 2. The maximum atomic E-state index is 14.5. The number of halogens is 2. The van der Waals surface area contributed by atoms with E-state index in [9.17, 15) is 18.0 Å². The summed E-state index contributed by atoms with van der Waals surface area (Å²) >= 11 is 12.2. The molecular formula is C35H37Cl2N3O4S. The fraction of sp³-hybridized carbons (Fsp3) is 0.257. The summed E-state index contributed by atoms with van der Waals surface area (Å²) in [5.74, 6) is -0.859. The van der Waals surface area contributed by atoms with Gasteiger partial charge in [-0.25, -0.2) is 8.42 Å². The van der Waals surface area contributed by atoms with E-state index in [0.717, 1.165) is 21.0 Å². The summed E-state index contributed by atoms with van der Waals surface area (Å²) in [5.41, 5.74) is 2.75. The standard InChI is InChI=1S/C35H37Cl2N3O4S/c1-4-26(3)38-35(42)33(22-27-10-6-5-7-11-27)39(23-28-13-15-29(36)16-14-28)34(41)24-40(31-12-8-9-25(2)21-31)45(43,44)32-19-17-30(37)18-20-32/h5-21,26,33H,4,22-24H2,1-3H3,(H,38,42)/t26-,33-/m1/s1. The van der Waals surface area contributed by atoms with Crippen LogP contribution in [0.1, 0.15) is 37.0 Å². The lowest BCUT2D eigenvalue weighted by Gasteiger charge is -2.34. The van der Waals surface area contributed by atoms with Crippen molar-refractivity contribution in [3.05, 3.63) is 130 Å². The summed E-state index contributed by atoms with van der Waals surface area (Å²) in [7, 11) is -4.21. The van der Waals surface area contributed by atoms with Crippen molar-refractivity contribution in [2.75, 3.05) is 10.8 Å². The van der Waals surface area contributed by atoms with Crippen molar-refractivity contribution in [2.24, 2.45) is 0 Å². The van der Waals surface area contributed by atoms with Gasteiger partial charge in [-0.2, -0.15) is 0 Å². The molecule has 0 aliphatic rings. The molecule has 4 aromatic rings. The van der Waals surface area contributed by atoms with E-state index in [1.54, 1.807) is 42.5 Å². The largest absolute Gasteiger partial charge is 0.352 e. The zero-order chi connectivity index (χ0) is 32.6. The van der Waals surface area contributed by atoms with E-state index >= 15 is 0 Å². The summed E-state index contributed by atoms with van der Waals surface area (Å²) in [5, 5.41) is 3.96. The van der Waals surface area contributed by atoms with Crippen LogP contribution in [0.15, 0.2) is 108 Å². The fourth-order valence-corrected chi connectivity index (χ4v) is 6.49. The molecule has 7 nitrogen and oxygen atoms in total. The van der Waals surface area contributed by atoms with Gasteiger partial charge in [0.1, 0.15) is 12.6 Å². The van der Waals surface area contributed by atoms with Crippen LogP contribution in [0, 0.1) is 6.92 Å². The number of aryl methyl sites for hydroxylation is 1. The Labute approximate surface area is 275 Å². The Balaban J connectivity index is 1.80. The van der Waals surface area contributed by atoms with Crippen molar-refractivity contribution >= 4 is 50.7 Å². The molecule has 0 aromatic heterocycles. The molecule has 0 radical (unpaired) electrons. The third-order valence-electron chi connectivity index (χ3n) is 7.51. The van der Waals surface area contributed by atoms with Crippen molar-refractivity contribution in [2.45, 2.75) is 57.1 Å². The lowest BCUT2D eigenvalue weighted by Crippen LogP contribution is -2.54. The average Bonchev–Trinajstić information content (AvgIpc) is 3.02. The van der Waals surface area contributed by atoms with Crippen molar-refractivity contribution in [3.8, 4) is 0 Å². The van der Waals surface area contributed by atoms with E-state index in [1.807, 2.05) is 57.2 Å². The highest BCUT2D eigenvalue weighted by atomic mass is 35.5. The smallest absolute Gasteiger partial charge is 0.264 e. The number of anilines is 1. The van der Waals surface area contributed by atoms with Crippen LogP contribution < -0.4 is 9.62 Å². The van der Waals surface area contributed by atoms with Crippen LogP contribution in [-0.2, 0) is 32.6 Å². The molecule has 0 aliphatic carbocycles. The highest BCUT2D eigenvalue weighted by molar-refractivity contribution is 7.92. The Kier molecular flexibility index (Phi) is 11.7. The number of nitrogens with zero attached hydrogens (tertiary/aromatic N) is 2. The second kappa shape index (κ2) is 15.4. The first-order valence-corrected chi connectivity index (χ1v) is 16.9. The minimum atomic E-state index is -4.21. The predicted octanol–water partition coefficient (Wildman–Crippen LogP) is 7.05. The van der Waals surface area contributed by atoms with Gasteiger partial charge >= 0.3 is 0 Å². The Bertz CT molecular complexity index is 1700. The number of carbonyl (C=O) groups is 2. The monoisotopic (exact) mass is 665 g/mol. The Hall–Kier alpha value is -3.85. The molecule has 2 amide bonds. The highest BCUT2D eigenvalue weighted by Crippen LogP contribution is 2.27. The normalized spacial score (nSPS) is 12.6. The van der Waals surface area contributed by atoms with Gasteiger partial charge in [-0.05, 0) is 85.5 Å². The number of hydrogen-bond acceptors (Lipinski definition) is 4. The van der Waals surface area contributed by atoms with E-state index in [4.69, 9.17) is 23.2 Å². The number of rotatable bonds is 13. The minimum absolute atomic E-state index is 0.0131. The SMILES string of the molecule is CC[C@@H](C)NC(=O)[C@@H](Cc1ccccc1)N(Cc1ccc(Cl)cc1)C(=O)CN(c1cccc(C)c1)S(=O)(=O)c1ccc(Cl)cc1. The number of hydrogen-bond donors (Lipinski definition) is 1. The third-order valence-corrected chi connectivity index (χ3v) is 9.80. The topological polar surface area (TPSA) is 86.8 Å². The molecular weight excluding hydrogens is 629 g/mol. The van der Waals surface area contributed by atoms with Gasteiger partial charge in [0.15, 0.2) is 0 Å². The first-order valence-electron chi connectivity index (χ1n) is 14.7. The molecule has 45 heavy (non-hydrogen) atoms. The molecule has 0 heterocycles. The Morgan fingerprint density at radius 3 is 2.04 bits per heavy atom. The van der Waals surface area contributed by atoms with Gasteiger partial charge in [-0.15, -0.1) is 0 Å². The number of amides is 2. The zero-order valence-corrected chi connectivity index (χ0v) is 27.8. The van der Waals surface area contributed by atoms with Gasteiger partial charge in [0.05, 0.1) is 10.6 Å². The molecule has 0 saturated carbocycles. The molecule has 1 N–H and O–H groups in total. The second-order valence-corrected chi connectivity index (χ2v) is 13.7. The molecule has 4 rings (SSSR count). The van der Waals surface area contributed by atoms with Crippen LogP contribution in [0.5, 0.6) is 0 Å². The number of benzene rings is 4. The van der Waals surface area contributed by atoms with Crippen molar-refractivity contribution in [1.29, 1.82) is 0 Å². The van der Waals surface area contributed by atoms with Crippen molar-refractivity contribution in [3.63, 3.8) is 0 Å². The van der Waals surface area contributed by atoms with Crippen LogP contribution in [-0.4, -0.2) is 43.8 Å². The van der Waals surface area contributed by atoms with Crippen LogP contribution in [0.3, 0.4) is 0 Å². The van der Waals surface area contributed by atoms with Crippen LogP contribution in [0.4, 0.5) is 5.69 Å². The molecule has 0 aliphatic heterocycles. The fourth-order valence-electron chi connectivity index (χ4n) is 4.83. The first kappa shape index (κ1) is 34.0. The van der Waals surface area contributed by atoms with E-state index < -0.39 is 28.5 Å². The Morgan fingerprint density at radius 2 is 1.44 bits per heavy atom. The second-order valence-electron chi connectivity index (χ2n) is 11.0. The van der Waals surface area contributed by atoms with E-state index in [-0.39, 0.29) is 29.8 Å². The van der Waals surface area contributed by atoms with Gasteiger partial charge in [-0.1, -0.05) is 84.7 Å². The van der Waals surface area contributed by atoms with Gasteiger partial charge in [0.2, 0.25) is 11.8 Å². The van der Waals surface area contributed by atoms with E-state index in [2.05, 4.69) is 5.32 Å². The maximum absolute atomic E-state index is 14.5. The van der Waals surface area contributed by atoms with Crippen molar-refractivity contribution in [1.82, 2.24) is 10.2 Å². The summed E-state index contributed by atoms with van der Waals surface area (Å²) in [4.78, 5) is 29.8. The summed E-state index contributed by atoms with van der Waals surface area (Å²) < 4.78 is 29.3. The van der Waals surface area contributed by atoms with Gasteiger partial charge in [-0.3, -0.25) is 13.9 Å². The molecule has 0 saturated heterocycles. The molecule has 0 unspecified atom stereocenters. The summed E-state index contributed by atoms with van der Waals surface area (Å²) in [6.07, 6.45) is 0.937. The number of nitrogens with one attached hydrogen (secondary N) is 1. The molecule has 0 bridgehead atoms. The molecule has 4 aromatic carbocycles. The van der Waals surface area contributed by atoms with Gasteiger partial charge in [0, 0.05) is 29.1 Å². The van der Waals surface area contributed by atoms with Crippen LogP contribution in [0.2, 0.25) is 10.0 Å². The van der Waals surface area contributed by atoms with Crippen LogP contribution >= 0.6 is 23.2 Å². The minimum Gasteiger partial charge on any atom is -0.352 e. The molecule has 0 fully saturated rings. The van der Waals surface area contributed by atoms with E-state index in [1.165, 1.54) is 29.2 Å². The van der Waals surface area contributed by atoms with E-state index in [0.29, 0.717) is 22.2 Å². The number of sulfonamides is 1. The zero-order valence-electron chi connectivity index (χ0n) is 25.5. The molecule has 236 valence electrons. The third kappa shape index (κ3) is 9.10.